The van der Waals surface area contributed by atoms with Crippen LogP contribution >= 0.6 is 0 Å². The summed E-state index contributed by atoms with van der Waals surface area (Å²) in [5.74, 6) is 0.558. The van der Waals surface area contributed by atoms with E-state index in [0.717, 1.165) is 31.2 Å². The van der Waals surface area contributed by atoms with E-state index >= 15 is 0 Å². The quantitative estimate of drug-likeness (QED) is 0.313. The molecule has 160 valence electrons. The number of unbranched alkanes of at least 4 members (excludes halogenated alkanes) is 9. The zero-order valence-corrected chi connectivity index (χ0v) is 18.2. The molecule has 1 heterocycles. The lowest BCUT2D eigenvalue weighted by Gasteiger charge is -2.05. The maximum absolute atomic E-state index is 12.8. The summed E-state index contributed by atoms with van der Waals surface area (Å²) in [5.41, 5.74) is 0.880. The number of carbonyl (C=O) groups is 1. The number of ether oxygens (including phenoxy) is 1. The number of aromatic nitrogens is 3. The Morgan fingerprint density at radius 3 is 2.14 bits per heavy atom. The molecule has 0 atom stereocenters. The molecule has 0 saturated heterocycles. The fraction of sp³-hybridized carbons (Fsp3) is 0.625. The Labute approximate surface area is 175 Å². The maximum Gasteiger partial charge on any atom is 0.336 e. The SMILES string of the molecule is CCCCCCCCCCCC(=O)n1nc(OCCCC)nc1-c1ccccc1. The predicted molar refractivity (Wildman–Crippen MR) is 118 cm³/mol. The topological polar surface area (TPSA) is 57.0 Å². The summed E-state index contributed by atoms with van der Waals surface area (Å²) in [6.45, 7) is 4.93. The first-order valence-electron chi connectivity index (χ1n) is 11.4. The average Bonchev–Trinajstić information content (AvgIpc) is 3.17. The highest BCUT2D eigenvalue weighted by atomic mass is 16.5. The van der Waals surface area contributed by atoms with Crippen LogP contribution in [0.3, 0.4) is 0 Å². The van der Waals surface area contributed by atoms with Gasteiger partial charge in [-0.15, -0.1) is 5.10 Å². The minimum atomic E-state index is -0.00959. The molecule has 0 aliphatic carbocycles. The molecule has 5 nitrogen and oxygen atoms in total. The molecule has 1 aromatic heterocycles. The molecule has 0 aliphatic heterocycles. The Morgan fingerprint density at radius 2 is 1.48 bits per heavy atom. The summed E-state index contributed by atoms with van der Waals surface area (Å²) >= 11 is 0. The van der Waals surface area contributed by atoms with Crippen LogP contribution in [0.25, 0.3) is 11.4 Å². The molecule has 0 fully saturated rings. The van der Waals surface area contributed by atoms with E-state index in [0.29, 0.717) is 18.9 Å². The predicted octanol–water partition coefficient (Wildman–Crippen LogP) is 6.69. The standard InChI is InChI=1S/C24H37N3O2/c1-3-5-7-8-9-10-11-12-16-19-22(28)27-23(21-17-14-13-15-18-21)25-24(26-27)29-20-6-4-2/h13-15,17-18H,3-12,16,19-20H2,1-2H3. The molecular formula is C24H37N3O2. The summed E-state index contributed by atoms with van der Waals surface area (Å²) in [7, 11) is 0. The molecule has 0 amide bonds. The van der Waals surface area contributed by atoms with Crippen molar-refractivity contribution in [2.75, 3.05) is 6.61 Å². The van der Waals surface area contributed by atoms with Crippen molar-refractivity contribution in [1.82, 2.24) is 14.8 Å². The monoisotopic (exact) mass is 399 g/mol. The van der Waals surface area contributed by atoms with E-state index in [-0.39, 0.29) is 11.9 Å². The summed E-state index contributed by atoms with van der Waals surface area (Å²) < 4.78 is 7.07. The van der Waals surface area contributed by atoms with Gasteiger partial charge in [0.05, 0.1) is 6.61 Å². The molecule has 0 N–H and O–H groups in total. The van der Waals surface area contributed by atoms with Crippen molar-refractivity contribution in [3.05, 3.63) is 30.3 Å². The normalized spacial score (nSPS) is 11.0. The first kappa shape index (κ1) is 23.1. The Morgan fingerprint density at radius 1 is 0.862 bits per heavy atom. The van der Waals surface area contributed by atoms with Crippen LogP contribution < -0.4 is 4.74 Å². The van der Waals surface area contributed by atoms with Crippen LogP contribution in [-0.2, 0) is 0 Å². The zero-order valence-electron chi connectivity index (χ0n) is 18.2. The van der Waals surface area contributed by atoms with Crippen molar-refractivity contribution < 1.29 is 9.53 Å². The summed E-state index contributed by atoms with van der Waals surface area (Å²) in [5, 5.41) is 4.35. The fourth-order valence-corrected chi connectivity index (χ4v) is 3.30. The van der Waals surface area contributed by atoms with Crippen molar-refractivity contribution in [2.45, 2.75) is 90.9 Å². The van der Waals surface area contributed by atoms with Gasteiger partial charge >= 0.3 is 6.01 Å². The van der Waals surface area contributed by atoms with Crippen LogP contribution in [0.1, 0.15) is 95.7 Å². The van der Waals surface area contributed by atoms with Crippen LogP contribution in [0.15, 0.2) is 30.3 Å². The van der Waals surface area contributed by atoms with Gasteiger partial charge in [-0.05, 0) is 12.8 Å². The molecule has 0 unspecified atom stereocenters. The first-order valence-corrected chi connectivity index (χ1v) is 11.4. The Hall–Kier alpha value is -2.17. The average molecular weight is 400 g/mol. The minimum Gasteiger partial charge on any atom is -0.462 e. The van der Waals surface area contributed by atoms with E-state index in [1.165, 1.54) is 49.6 Å². The van der Waals surface area contributed by atoms with Gasteiger partial charge in [0.15, 0.2) is 5.82 Å². The molecule has 0 radical (unpaired) electrons. The number of nitrogens with zero attached hydrogens (tertiary/aromatic N) is 3. The van der Waals surface area contributed by atoms with Gasteiger partial charge in [0.1, 0.15) is 0 Å². The van der Waals surface area contributed by atoms with Gasteiger partial charge in [-0.2, -0.15) is 9.67 Å². The third-order valence-electron chi connectivity index (χ3n) is 5.08. The number of hydrogen-bond acceptors (Lipinski definition) is 4. The van der Waals surface area contributed by atoms with E-state index in [1.807, 2.05) is 30.3 Å². The molecule has 0 saturated carbocycles. The van der Waals surface area contributed by atoms with E-state index in [1.54, 1.807) is 0 Å². The van der Waals surface area contributed by atoms with Crippen LogP contribution in [-0.4, -0.2) is 27.3 Å². The van der Waals surface area contributed by atoms with E-state index in [9.17, 15) is 4.79 Å². The van der Waals surface area contributed by atoms with Gasteiger partial charge in [0.2, 0.25) is 5.91 Å². The first-order chi connectivity index (χ1) is 14.3. The molecular weight excluding hydrogens is 362 g/mol. The van der Waals surface area contributed by atoms with Crippen molar-refractivity contribution >= 4 is 5.91 Å². The number of hydrogen-bond donors (Lipinski definition) is 0. The van der Waals surface area contributed by atoms with Gasteiger partial charge in [-0.3, -0.25) is 4.79 Å². The summed E-state index contributed by atoms with van der Waals surface area (Å²) in [4.78, 5) is 17.3. The molecule has 29 heavy (non-hydrogen) atoms. The van der Waals surface area contributed by atoms with Gasteiger partial charge in [-0.1, -0.05) is 102 Å². The molecule has 2 aromatic rings. The molecule has 2 rings (SSSR count). The molecule has 0 spiro atoms. The fourth-order valence-electron chi connectivity index (χ4n) is 3.30. The third kappa shape index (κ3) is 8.38. The molecule has 1 aromatic carbocycles. The molecule has 0 aliphatic rings. The summed E-state index contributed by atoms with van der Waals surface area (Å²) in [6.07, 6.45) is 13.6. The third-order valence-corrected chi connectivity index (χ3v) is 5.08. The lowest BCUT2D eigenvalue weighted by atomic mass is 10.1. The van der Waals surface area contributed by atoms with Crippen molar-refractivity contribution in [1.29, 1.82) is 0 Å². The highest BCUT2D eigenvalue weighted by molar-refractivity contribution is 5.82. The number of benzene rings is 1. The largest absolute Gasteiger partial charge is 0.462 e. The van der Waals surface area contributed by atoms with Gasteiger partial charge < -0.3 is 4.74 Å². The van der Waals surface area contributed by atoms with Crippen molar-refractivity contribution in [3.8, 4) is 17.4 Å². The highest BCUT2D eigenvalue weighted by Crippen LogP contribution is 2.21. The maximum atomic E-state index is 12.8. The second-order valence-corrected chi connectivity index (χ2v) is 7.67. The van der Waals surface area contributed by atoms with Gasteiger partial charge in [-0.25, -0.2) is 0 Å². The second-order valence-electron chi connectivity index (χ2n) is 7.67. The summed E-state index contributed by atoms with van der Waals surface area (Å²) in [6, 6.07) is 10.0. The van der Waals surface area contributed by atoms with Crippen molar-refractivity contribution in [3.63, 3.8) is 0 Å². The van der Waals surface area contributed by atoms with Gasteiger partial charge in [0, 0.05) is 12.0 Å². The minimum absolute atomic E-state index is 0.00959. The van der Waals surface area contributed by atoms with Crippen LogP contribution in [0.2, 0.25) is 0 Å². The van der Waals surface area contributed by atoms with E-state index < -0.39 is 0 Å². The Kier molecular flexibility index (Phi) is 11.1. The highest BCUT2D eigenvalue weighted by Gasteiger charge is 2.18. The van der Waals surface area contributed by atoms with E-state index in [2.05, 4.69) is 23.9 Å². The Balaban J connectivity index is 1.86. The van der Waals surface area contributed by atoms with Crippen LogP contribution in [0.5, 0.6) is 6.01 Å². The van der Waals surface area contributed by atoms with E-state index in [4.69, 9.17) is 4.74 Å². The van der Waals surface area contributed by atoms with Crippen molar-refractivity contribution in [2.24, 2.45) is 0 Å². The molecule has 5 heteroatoms. The van der Waals surface area contributed by atoms with Gasteiger partial charge in [0.25, 0.3) is 0 Å². The number of rotatable bonds is 15. The zero-order chi connectivity index (χ0) is 20.7. The number of carbonyl (C=O) groups excluding carboxylic acids is 1. The second kappa shape index (κ2) is 13.9. The van der Waals surface area contributed by atoms with Crippen LogP contribution in [0, 0.1) is 0 Å². The lowest BCUT2D eigenvalue weighted by Crippen LogP contribution is -2.14. The molecule has 0 bridgehead atoms. The lowest BCUT2D eigenvalue weighted by molar-refractivity contribution is 0.0882. The smallest absolute Gasteiger partial charge is 0.336 e. The van der Waals surface area contributed by atoms with Crippen LogP contribution in [0.4, 0.5) is 0 Å². The Bertz CT molecular complexity index is 697.